The fraction of sp³-hybridized carbons (Fsp3) is 0.571. The van der Waals surface area contributed by atoms with Crippen LogP contribution in [-0.4, -0.2) is 38.0 Å². The van der Waals surface area contributed by atoms with Crippen molar-refractivity contribution in [3.8, 4) is 0 Å². The maximum absolute atomic E-state index is 13.0. The maximum Gasteiger partial charge on any atom is 0.243 e. The summed E-state index contributed by atoms with van der Waals surface area (Å²) in [6.45, 7) is 2.70. The highest BCUT2D eigenvalue weighted by Gasteiger charge is 2.39. The van der Waals surface area contributed by atoms with Crippen LogP contribution in [0.15, 0.2) is 21.5 Å². The van der Waals surface area contributed by atoms with Crippen LogP contribution in [0, 0.1) is 6.92 Å². The summed E-state index contributed by atoms with van der Waals surface area (Å²) in [6, 6.07) is 3.55. The van der Waals surface area contributed by atoms with Gasteiger partial charge < -0.3 is 4.74 Å². The summed E-state index contributed by atoms with van der Waals surface area (Å²) in [5, 5.41) is 0. The van der Waals surface area contributed by atoms with Crippen molar-refractivity contribution in [1.82, 2.24) is 4.31 Å². The molecule has 2 saturated heterocycles. The van der Waals surface area contributed by atoms with E-state index in [9.17, 15) is 8.42 Å². The van der Waals surface area contributed by atoms with Gasteiger partial charge in [-0.1, -0.05) is 15.9 Å². The largest absolute Gasteiger partial charge is 0.372 e. The summed E-state index contributed by atoms with van der Waals surface area (Å²) in [5.41, 5.74) is 1.52. The number of ether oxygens (including phenoxy) is 1. The fourth-order valence-electron chi connectivity index (χ4n) is 2.96. The summed E-state index contributed by atoms with van der Waals surface area (Å²) in [7, 11) is -3.51. The highest BCUT2D eigenvalue weighted by atomic mass is 79.9. The van der Waals surface area contributed by atoms with Crippen molar-refractivity contribution >= 4 is 37.6 Å². The Morgan fingerprint density at radius 2 is 1.95 bits per heavy atom. The second-order valence-corrected chi connectivity index (χ2v) is 8.64. The molecule has 116 valence electrons. The summed E-state index contributed by atoms with van der Waals surface area (Å²) < 4.78 is 34.0. The number of nitrogens with zero attached hydrogens (tertiary/aromatic N) is 1. The van der Waals surface area contributed by atoms with E-state index in [0.29, 0.717) is 18.0 Å². The van der Waals surface area contributed by atoms with Crippen LogP contribution in [0.25, 0.3) is 0 Å². The molecular formula is C14H17BrClNO3S. The zero-order chi connectivity index (χ0) is 15.2. The molecule has 2 bridgehead atoms. The molecule has 0 saturated carbocycles. The van der Waals surface area contributed by atoms with Crippen molar-refractivity contribution in [3.63, 3.8) is 0 Å². The lowest BCUT2D eigenvalue weighted by Gasteiger charge is -2.31. The fourth-order valence-corrected chi connectivity index (χ4v) is 5.56. The van der Waals surface area contributed by atoms with Gasteiger partial charge in [0.25, 0.3) is 0 Å². The number of hydrogen-bond donors (Lipinski definition) is 0. The first-order valence-electron chi connectivity index (χ1n) is 6.92. The predicted octanol–water partition coefficient (Wildman–Crippen LogP) is 3.05. The number of alkyl halides is 1. The highest BCUT2D eigenvalue weighted by molar-refractivity contribution is 9.10. The molecule has 2 aliphatic heterocycles. The van der Waals surface area contributed by atoms with E-state index >= 15 is 0 Å². The van der Waals surface area contributed by atoms with E-state index in [2.05, 4.69) is 15.9 Å². The maximum atomic E-state index is 13.0. The highest BCUT2D eigenvalue weighted by Crippen LogP contribution is 2.33. The molecule has 1 aromatic carbocycles. The number of hydrogen-bond acceptors (Lipinski definition) is 3. The van der Waals surface area contributed by atoms with Gasteiger partial charge in [-0.05, 0) is 43.0 Å². The SMILES string of the molecule is Cc1c(Br)cc(CCl)cc1S(=O)(=O)N1CC2CCC(C1)O2. The van der Waals surface area contributed by atoms with Crippen LogP contribution < -0.4 is 0 Å². The summed E-state index contributed by atoms with van der Waals surface area (Å²) in [4.78, 5) is 0.342. The second kappa shape index (κ2) is 5.81. The molecule has 0 N–H and O–H groups in total. The van der Waals surface area contributed by atoms with E-state index in [1.54, 1.807) is 10.4 Å². The lowest BCUT2D eigenvalue weighted by molar-refractivity contribution is -0.0114. The van der Waals surface area contributed by atoms with Crippen LogP contribution in [0.5, 0.6) is 0 Å². The van der Waals surface area contributed by atoms with E-state index in [1.807, 2.05) is 13.0 Å². The molecule has 2 fully saturated rings. The van der Waals surface area contributed by atoms with Gasteiger partial charge in [0, 0.05) is 23.4 Å². The number of sulfonamides is 1. The van der Waals surface area contributed by atoms with Crippen molar-refractivity contribution in [2.24, 2.45) is 0 Å². The van der Waals surface area contributed by atoms with E-state index in [4.69, 9.17) is 16.3 Å². The third kappa shape index (κ3) is 2.88. The van der Waals surface area contributed by atoms with Crippen molar-refractivity contribution in [3.05, 3.63) is 27.7 Å². The molecule has 0 amide bonds. The minimum absolute atomic E-state index is 0.0403. The second-order valence-electron chi connectivity index (χ2n) is 5.61. The van der Waals surface area contributed by atoms with Gasteiger partial charge in [0.15, 0.2) is 0 Å². The van der Waals surface area contributed by atoms with Crippen LogP contribution in [-0.2, 0) is 20.6 Å². The third-order valence-electron chi connectivity index (χ3n) is 4.14. The number of morpholine rings is 1. The zero-order valence-corrected chi connectivity index (χ0v) is 14.8. The zero-order valence-electron chi connectivity index (χ0n) is 11.7. The molecule has 0 radical (unpaired) electrons. The molecule has 7 heteroatoms. The summed E-state index contributed by atoms with van der Waals surface area (Å²) in [6.07, 6.45) is 1.97. The smallest absolute Gasteiger partial charge is 0.243 e. The number of halogens is 2. The molecule has 2 unspecified atom stereocenters. The minimum Gasteiger partial charge on any atom is -0.372 e. The van der Waals surface area contributed by atoms with Crippen LogP contribution in [0.2, 0.25) is 0 Å². The summed E-state index contributed by atoms with van der Waals surface area (Å²) in [5.74, 6) is 0.287. The first-order chi connectivity index (χ1) is 9.91. The van der Waals surface area contributed by atoms with Gasteiger partial charge in [-0.15, -0.1) is 11.6 Å². The molecule has 3 rings (SSSR count). The Morgan fingerprint density at radius 3 is 2.52 bits per heavy atom. The topological polar surface area (TPSA) is 46.6 Å². The van der Waals surface area contributed by atoms with E-state index in [-0.39, 0.29) is 18.1 Å². The summed E-state index contributed by atoms with van der Waals surface area (Å²) >= 11 is 9.29. The predicted molar refractivity (Wildman–Crippen MR) is 85.1 cm³/mol. The Hall–Kier alpha value is -0.140. The van der Waals surface area contributed by atoms with Gasteiger partial charge >= 0.3 is 0 Å². The van der Waals surface area contributed by atoms with E-state index in [0.717, 1.165) is 28.4 Å². The molecule has 0 aromatic heterocycles. The first kappa shape index (κ1) is 15.7. The van der Waals surface area contributed by atoms with Crippen molar-refractivity contribution in [1.29, 1.82) is 0 Å². The minimum atomic E-state index is -3.51. The van der Waals surface area contributed by atoms with Gasteiger partial charge in [0.05, 0.1) is 17.1 Å². The van der Waals surface area contributed by atoms with Crippen molar-refractivity contribution < 1.29 is 13.2 Å². The van der Waals surface area contributed by atoms with Gasteiger partial charge in [-0.25, -0.2) is 8.42 Å². The van der Waals surface area contributed by atoms with Crippen LogP contribution in [0.3, 0.4) is 0 Å². The lowest BCUT2D eigenvalue weighted by Crippen LogP contribution is -2.45. The quantitative estimate of drug-likeness (QED) is 0.740. The molecule has 21 heavy (non-hydrogen) atoms. The molecule has 2 aliphatic rings. The molecule has 2 atom stereocenters. The Kier molecular flexibility index (Phi) is 4.36. The average Bonchev–Trinajstić information content (AvgIpc) is 2.79. The third-order valence-corrected chi connectivity index (χ3v) is 7.23. The van der Waals surface area contributed by atoms with Crippen LogP contribution in [0.1, 0.15) is 24.0 Å². The van der Waals surface area contributed by atoms with Gasteiger partial charge in [-0.2, -0.15) is 4.31 Å². The monoisotopic (exact) mass is 393 g/mol. The molecule has 4 nitrogen and oxygen atoms in total. The van der Waals surface area contributed by atoms with Crippen LogP contribution >= 0.6 is 27.5 Å². The standard InChI is InChI=1S/C14H17BrClNO3S/c1-9-13(15)4-10(6-16)5-14(9)21(18,19)17-7-11-2-3-12(8-17)20-11/h4-5,11-12H,2-3,6-8H2,1H3. The van der Waals surface area contributed by atoms with Crippen LogP contribution in [0.4, 0.5) is 0 Å². The van der Waals surface area contributed by atoms with Crippen molar-refractivity contribution in [2.75, 3.05) is 13.1 Å². The van der Waals surface area contributed by atoms with Crippen molar-refractivity contribution in [2.45, 2.75) is 42.7 Å². The first-order valence-corrected chi connectivity index (χ1v) is 9.69. The molecule has 0 spiro atoms. The molecular weight excluding hydrogens is 378 g/mol. The molecule has 1 aromatic rings. The Labute approximate surface area is 138 Å². The van der Waals surface area contributed by atoms with E-state index in [1.165, 1.54) is 0 Å². The van der Waals surface area contributed by atoms with Gasteiger partial charge in [0.1, 0.15) is 0 Å². The average molecular weight is 395 g/mol. The number of fused-ring (bicyclic) bond motifs is 2. The van der Waals surface area contributed by atoms with E-state index < -0.39 is 10.0 Å². The lowest BCUT2D eigenvalue weighted by atomic mass is 10.2. The van der Waals surface area contributed by atoms with Gasteiger partial charge in [-0.3, -0.25) is 0 Å². The Balaban J connectivity index is 2.00. The number of benzene rings is 1. The Bertz CT molecular complexity index is 652. The number of rotatable bonds is 3. The normalized spacial score (nSPS) is 26.2. The Morgan fingerprint density at radius 1 is 1.33 bits per heavy atom. The molecule has 2 heterocycles. The van der Waals surface area contributed by atoms with Gasteiger partial charge in [0.2, 0.25) is 10.0 Å². The molecule has 0 aliphatic carbocycles.